The minimum Gasteiger partial charge on any atom is -0.310 e. The summed E-state index contributed by atoms with van der Waals surface area (Å²) in [7, 11) is 0. The lowest BCUT2D eigenvalue weighted by atomic mass is 10.2. The summed E-state index contributed by atoms with van der Waals surface area (Å²) in [5.74, 6) is 2.06. The van der Waals surface area contributed by atoms with Gasteiger partial charge in [0.25, 0.3) is 0 Å². The van der Waals surface area contributed by atoms with Gasteiger partial charge in [0.2, 0.25) is 0 Å². The van der Waals surface area contributed by atoms with Crippen molar-refractivity contribution in [2.45, 2.75) is 52.1 Å². The first-order valence-electron chi connectivity index (χ1n) is 7.50. The van der Waals surface area contributed by atoms with Crippen molar-refractivity contribution in [3.63, 3.8) is 0 Å². The van der Waals surface area contributed by atoms with Crippen molar-refractivity contribution in [1.82, 2.24) is 19.9 Å². The van der Waals surface area contributed by atoms with Gasteiger partial charge in [0.1, 0.15) is 11.6 Å². The zero-order valence-electron chi connectivity index (χ0n) is 12.3. The molecule has 106 valence electrons. The first kappa shape index (κ1) is 13.3. The second-order valence-electron chi connectivity index (χ2n) is 5.53. The quantitative estimate of drug-likeness (QED) is 0.877. The van der Waals surface area contributed by atoms with Gasteiger partial charge >= 0.3 is 0 Å². The van der Waals surface area contributed by atoms with Gasteiger partial charge in [-0.2, -0.15) is 0 Å². The van der Waals surface area contributed by atoms with E-state index in [4.69, 9.17) is 4.98 Å². The van der Waals surface area contributed by atoms with Crippen LogP contribution in [-0.4, -0.2) is 20.6 Å². The molecule has 0 atom stereocenters. The van der Waals surface area contributed by atoms with Crippen molar-refractivity contribution in [3.8, 4) is 5.82 Å². The first-order chi connectivity index (χ1) is 9.78. The van der Waals surface area contributed by atoms with Crippen LogP contribution in [-0.2, 0) is 13.0 Å². The van der Waals surface area contributed by atoms with E-state index in [1.807, 2.05) is 12.4 Å². The molecule has 2 aromatic heterocycles. The highest BCUT2D eigenvalue weighted by Gasteiger charge is 2.20. The summed E-state index contributed by atoms with van der Waals surface area (Å²) < 4.78 is 2.09. The fourth-order valence-electron chi connectivity index (χ4n) is 2.39. The average Bonchev–Trinajstić information content (AvgIpc) is 3.16. The average molecular weight is 270 g/mol. The number of nitrogens with one attached hydrogen (secondary N) is 1. The highest BCUT2D eigenvalue weighted by molar-refractivity contribution is 5.31. The molecule has 0 unspecified atom stereocenters. The third-order valence-electron chi connectivity index (χ3n) is 3.78. The van der Waals surface area contributed by atoms with Gasteiger partial charge < -0.3 is 5.32 Å². The molecule has 0 spiro atoms. The van der Waals surface area contributed by atoms with Crippen molar-refractivity contribution in [3.05, 3.63) is 41.6 Å². The van der Waals surface area contributed by atoms with Gasteiger partial charge in [-0.05, 0) is 37.8 Å². The number of rotatable bonds is 6. The highest BCUT2D eigenvalue weighted by Crippen LogP contribution is 2.20. The van der Waals surface area contributed by atoms with Crippen LogP contribution in [0, 0.1) is 6.92 Å². The maximum atomic E-state index is 4.74. The van der Waals surface area contributed by atoms with Crippen LogP contribution in [0.3, 0.4) is 0 Å². The lowest BCUT2D eigenvalue weighted by molar-refractivity contribution is 0.681. The standard InChI is InChI=1S/C16H22N4/c1-3-4-15-17-9-10-20(15)16-8-5-13(12(2)19-16)11-18-14-6-7-14/h5,8-10,14,18H,3-4,6-7,11H2,1-2H3. The van der Waals surface area contributed by atoms with E-state index in [1.165, 1.54) is 18.4 Å². The Labute approximate surface area is 120 Å². The topological polar surface area (TPSA) is 42.7 Å². The Morgan fingerprint density at radius 1 is 1.35 bits per heavy atom. The van der Waals surface area contributed by atoms with E-state index in [0.29, 0.717) is 0 Å². The molecule has 0 radical (unpaired) electrons. The third kappa shape index (κ3) is 2.90. The molecule has 0 amide bonds. The second kappa shape index (κ2) is 5.75. The summed E-state index contributed by atoms with van der Waals surface area (Å²) in [6, 6.07) is 5.01. The Hall–Kier alpha value is -1.68. The van der Waals surface area contributed by atoms with E-state index in [9.17, 15) is 0 Å². The van der Waals surface area contributed by atoms with Crippen molar-refractivity contribution in [1.29, 1.82) is 0 Å². The molecule has 1 fully saturated rings. The summed E-state index contributed by atoms with van der Waals surface area (Å²) >= 11 is 0. The summed E-state index contributed by atoms with van der Waals surface area (Å²) in [6.45, 7) is 5.18. The summed E-state index contributed by atoms with van der Waals surface area (Å²) in [4.78, 5) is 9.15. The number of pyridine rings is 1. The predicted octanol–water partition coefficient (Wildman–Crippen LogP) is 2.78. The Morgan fingerprint density at radius 3 is 2.90 bits per heavy atom. The minimum atomic E-state index is 0.735. The van der Waals surface area contributed by atoms with E-state index < -0.39 is 0 Å². The van der Waals surface area contributed by atoms with Gasteiger partial charge in [-0.1, -0.05) is 13.0 Å². The van der Waals surface area contributed by atoms with Crippen molar-refractivity contribution in [2.24, 2.45) is 0 Å². The van der Waals surface area contributed by atoms with Gasteiger partial charge in [-0.3, -0.25) is 4.57 Å². The van der Waals surface area contributed by atoms with Crippen LogP contribution >= 0.6 is 0 Å². The van der Waals surface area contributed by atoms with Gasteiger partial charge in [0, 0.05) is 37.1 Å². The molecule has 0 saturated heterocycles. The zero-order valence-corrected chi connectivity index (χ0v) is 12.3. The fourth-order valence-corrected chi connectivity index (χ4v) is 2.39. The van der Waals surface area contributed by atoms with Gasteiger partial charge in [-0.25, -0.2) is 9.97 Å². The summed E-state index contributed by atoms with van der Waals surface area (Å²) in [5.41, 5.74) is 2.39. The fraction of sp³-hybridized carbons (Fsp3) is 0.500. The smallest absolute Gasteiger partial charge is 0.138 e. The van der Waals surface area contributed by atoms with Crippen LogP contribution in [0.5, 0.6) is 0 Å². The minimum absolute atomic E-state index is 0.735. The predicted molar refractivity (Wildman–Crippen MR) is 80.0 cm³/mol. The van der Waals surface area contributed by atoms with Gasteiger partial charge in [0.05, 0.1) is 0 Å². The maximum Gasteiger partial charge on any atom is 0.138 e. The number of imidazole rings is 1. The van der Waals surface area contributed by atoms with E-state index in [0.717, 1.165) is 42.8 Å². The molecular formula is C16H22N4. The first-order valence-corrected chi connectivity index (χ1v) is 7.50. The van der Waals surface area contributed by atoms with Crippen LogP contribution in [0.4, 0.5) is 0 Å². The number of aromatic nitrogens is 3. The molecular weight excluding hydrogens is 248 g/mol. The molecule has 4 nitrogen and oxygen atoms in total. The molecule has 1 aliphatic rings. The Bertz CT molecular complexity index is 584. The number of aryl methyl sites for hydroxylation is 2. The molecule has 0 aliphatic heterocycles. The Morgan fingerprint density at radius 2 is 2.20 bits per heavy atom. The van der Waals surface area contributed by atoms with E-state index in [2.05, 4.69) is 40.8 Å². The molecule has 1 saturated carbocycles. The molecule has 1 aliphatic carbocycles. The van der Waals surface area contributed by atoms with Crippen LogP contribution < -0.4 is 5.32 Å². The van der Waals surface area contributed by atoms with E-state index in [-0.39, 0.29) is 0 Å². The maximum absolute atomic E-state index is 4.74. The third-order valence-corrected chi connectivity index (χ3v) is 3.78. The van der Waals surface area contributed by atoms with Crippen molar-refractivity contribution in [2.75, 3.05) is 0 Å². The normalized spacial score (nSPS) is 14.7. The second-order valence-corrected chi connectivity index (χ2v) is 5.53. The Balaban J connectivity index is 1.79. The molecule has 3 rings (SSSR count). The number of nitrogens with zero attached hydrogens (tertiary/aromatic N) is 3. The number of hydrogen-bond donors (Lipinski definition) is 1. The molecule has 2 heterocycles. The molecule has 2 aromatic rings. The molecule has 1 N–H and O–H groups in total. The van der Waals surface area contributed by atoms with Crippen molar-refractivity contribution < 1.29 is 0 Å². The lowest BCUT2D eigenvalue weighted by Gasteiger charge is -2.11. The molecule has 4 heteroatoms. The molecule has 0 bridgehead atoms. The van der Waals surface area contributed by atoms with Crippen molar-refractivity contribution >= 4 is 0 Å². The van der Waals surface area contributed by atoms with Gasteiger partial charge in [0.15, 0.2) is 0 Å². The van der Waals surface area contributed by atoms with Crippen LogP contribution in [0.1, 0.15) is 43.3 Å². The zero-order chi connectivity index (χ0) is 13.9. The van der Waals surface area contributed by atoms with Crippen LogP contribution in [0.25, 0.3) is 5.82 Å². The lowest BCUT2D eigenvalue weighted by Crippen LogP contribution is -2.16. The number of hydrogen-bond acceptors (Lipinski definition) is 3. The summed E-state index contributed by atoms with van der Waals surface area (Å²) in [6.07, 6.45) is 8.57. The largest absolute Gasteiger partial charge is 0.310 e. The molecule has 20 heavy (non-hydrogen) atoms. The van der Waals surface area contributed by atoms with Crippen LogP contribution in [0.15, 0.2) is 24.5 Å². The van der Waals surface area contributed by atoms with Gasteiger partial charge in [-0.15, -0.1) is 0 Å². The SMILES string of the molecule is CCCc1nccn1-c1ccc(CNC2CC2)c(C)n1. The highest BCUT2D eigenvalue weighted by atomic mass is 15.1. The Kier molecular flexibility index (Phi) is 3.83. The molecule has 0 aromatic carbocycles. The van der Waals surface area contributed by atoms with Crippen LogP contribution in [0.2, 0.25) is 0 Å². The van der Waals surface area contributed by atoms with E-state index in [1.54, 1.807) is 0 Å². The summed E-state index contributed by atoms with van der Waals surface area (Å²) in [5, 5.41) is 3.54. The monoisotopic (exact) mass is 270 g/mol. The van der Waals surface area contributed by atoms with E-state index >= 15 is 0 Å².